The lowest BCUT2D eigenvalue weighted by molar-refractivity contribution is -0.227. The number of carbonyl (C=O) groups is 3. The number of unbranched alkanes of at least 4 members (excludes halogenated alkanes) is 10. The van der Waals surface area contributed by atoms with E-state index in [1.54, 1.807) is 48.5 Å². The number of halogens is 3. The van der Waals surface area contributed by atoms with Crippen LogP contribution in [0.2, 0.25) is 0 Å². The Hall–Kier alpha value is -4.34. The minimum absolute atomic E-state index is 0.190. The molecule has 57 heavy (non-hydrogen) atoms. The quantitative estimate of drug-likeness (QED) is 0.0603. The van der Waals surface area contributed by atoms with Gasteiger partial charge in [0.1, 0.15) is 18.0 Å². The van der Waals surface area contributed by atoms with E-state index in [0.29, 0.717) is 56.3 Å². The molecule has 5 rings (SSSR count). The first-order valence-corrected chi connectivity index (χ1v) is 21.2. The van der Waals surface area contributed by atoms with Crippen LogP contribution in [0.3, 0.4) is 0 Å². The Balaban J connectivity index is 1.14. The summed E-state index contributed by atoms with van der Waals surface area (Å²) in [6.07, 6.45) is 6.05. The second kappa shape index (κ2) is 22.0. The summed E-state index contributed by atoms with van der Waals surface area (Å²) in [5.74, 6) is -2.45. The zero-order chi connectivity index (χ0) is 40.6. The van der Waals surface area contributed by atoms with Gasteiger partial charge in [0.15, 0.2) is 6.10 Å². The number of hydrogen-bond donors (Lipinski definition) is 0. The first kappa shape index (κ1) is 43.8. The number of carbonyl (C=O) groups excluding carboxylic acids is 3. The summed E-state index contributed by atoms with van der Waals surface area (Å²) in [6, 6.07) is 19.4. The molecule has 3 unspecified atom stereocenters. The minimum Gasteiger partial charge on any atom is -0.494 e. The van der Waals surface area contributed by atoms with Crippen LogP contribution in [0.4, 0.5) is 13.2 Å². The molecule has 0 N–H and O–H groups in total. The van der Waals surface area contributed by atoms with Crippen molar-refractivity contribution < 1.29 is 46.5 Å². The molecule has 7 nitrogen and oxygen atoms in total. The molecular weight excluding hydrogens is 734 g/mol. The van der Waals surface area contributed by atoms with E-state index < -0.39 is 42.2 Å². The molecular formula is C47H59F3O7. The molecule has 10 heteroatoms. The Kier molecular flexibility index (Phi) is 16.9. The molecule has 3 aromatic rings. The summed E-state index contributed by atoms with van der Waals surface area (Å²) in [4.78, 5) is 40.1. The summed E-state index contributed by atoms with van der Waals surface area (Å²) < 4.78 is 64.7. The number of rotatable bonds is 21. The molecule has 0 aliphatic heterocycles. The van der Waals surface area contributed by atoms with Crippen molar-refractivity contribution in [2.45, 2.75) is 154 Å². The number of alkyl halides is 3. The third-order valence-corrected chi connectivity index (χ3v) is 11.2. The molecule has 0 spiro atoms. The van der Waals surface area contributed by atoms with Crippen LogP contribution in [-0.2, 0) is 38.3 Å². The van der Waals surface area contributed by atoms with Gasteiger partial charge in [-0.2, -0.15) is 13.2 Å². The molecule has 0 saturated carbocycles. The first-order valence-electron chi connectivity index (χ1n) is 21.2. The SMILES string of the molecule is CCCCCCCCCCOc1ccc(C(=O)OC2CCc3cc(C(=O)OC4c5ccccc5CCC4C(=O)O[C@H](CCCCCC)C(F)(F)F)ccc3C2)cc1. The molecule has 0 aromatic heterocycles. The van der Waals surface area contributed by atoms with Crippen LogP contribution >= 0.6 is 0 Å². The topological polar surface area (TPSA) is 88.1 Å². The van der Waals surface area contributed by atoms with Gasteiger partial charge >= 0.3 is 24.1 Å². The van der Waals surface area contributed by atoms with Crippen molar-refractivity contribution in [2.75, 3.05) is 6.61 Å². The molecule has 3 aromatic carbocycles. The lowest BCUT2D eigenvalue weighted by Gasteiger charge is -2.33. The molecule has 2 aliphatic rings. The summed E-state index contributed by atoms with van der Waals surface area (Å²) in [5.41, 5.74) is 4.05. The molecule has 0 bridgehead atoms. The molecule has 310 valence electrons. The lowest BCUT2D eigenvalue weighted by Crippen LogP contribution is -2.39. The molecule has 0 saturated heterocycles. The van der Waals surface area contributed by atoms with Crippen molar-refractivity contribution in [3.05, 3.63) is 100 Å². The van der Waals surface area contributed by atoms with E-state index in [9.17, 15) is 27.6 Å². The van der Waals surface area contributed by atoms with Crippen molar-refractivity contribution in [1.82, 2.24) is 0 Å². The highest BCUT2D eigenvalue weighted by Crippen LogP contribution is 2.40. The average molecular weight is 793 g/mol. The van der Waals surface area contributed by atoms with Gasteiger partial charge in [-0.3, -0.25) is 4.79 Å². The maximum absolute atomic E-state index is 13.9. The summed E-state index contributed by atoms with van der Waals surface area (Å²) in [5, 5.41) is 0. The fraction of sp³-hybridized carbons (Fsp3) is 0.553. The van der Waals surface area contributed by atoms with Crippen molar-refractivity contribution in [1.29, 1.82) is 0 Å². The van der Waals surface area contributed by atoms with Crippen molar-refractivity contribution in [2.24, 2.45) is 5.92 Å². The molecule has 2 aliphatic carbocycles. The number of ether oxygens (including phenoxy) is 4. The number of aryl methyl sites for hydroxylation is 2. The van der Waals surface area contributed by atoms with Crippen LogP contribution in [0, 0.1) is 5.92 Å². The second-order valence-electron chi connectivity index (χ2n) is 15.6. The smallest absolute Gasteiger partial charge is 0.425 e. The fourth-order valence-corrected chi connectivity index (χ4v) is 7.84. The molecule has 0 radical (unpaired) electrons. The van der Waals surface area contributed by atoms with Crippen LogP contribution in [0.1, 0.15) is 159 Å². The average Bonchev–Trinajstić information content (AvgIpc) is 3.21. The second-order valence-corrected chi connectivity index (χ2v) is 15.6. The fourth-order valence-electron chi connectivity index (χ4n) is 7.84. The van der Waals surface area contributed by atoms with Crippen molar-refractivity contribution in [3.8, 4) is 5.75 Å². The van der Waals surface area contributed by atoms with Gasteiger partial charge in [-0.1, -0.05) is 108 Å². The third kappa shape index (κ3) is 13.1. The predicted molar refractivity (Wildman–Crippen MR) is 213 cm³/mol. The standard InChI is InChI=1S/C47H59F3O7/c1-3-5-7-9-10-11-12-16-30-54-38-26-22-34(23-27-38)44(51)55-39-28-24-35-31-37(21-20-36(35)32-39)45(52)57-43-40-18-15-14-17-33(40)25-29-41(43)46(53)56-42(47(48,49)50)19-13-8-6-4-2/h14-15,17-18,20-23,26-27,31,39,41-43H,3-13,16,19,24-25,28-30,32H2,1-2H3/t39?,41?,42-,43?/m1/s1. The van der Waals surface area contributed by atoms with Crippen LogP contribution in [-0.4, -0.2) is 42.9 Å². The van der Waals surface area contributed by atoms with E-state index >= 15 is 0 Å². The Morgan fingerprint density at radius 2 is 1.32 bits per heavy atom. The first-order chi connectivity index (χ1) is 27.6. The Morgan fingerprint density at radius 1 is 0.684 bits per heavy atom. The highest BCUT2D eigenvalue weighted by molar-refractivity contribution is 5.91. The number of benzene rings is 3. The number of fused-ring (bicyclic) bond motifs is 2. The van der Waals surface area contributed by atoms with Gasteiger partial charge in [0.25, 0.3) is 0 Å². The maximum atomic E-state index is 13.9. The largest absolute Gasteiger partial charge is 0.494 e. The number of hydrogen-bond acceptors (Lipinski definition) is 7. The normalized spacial score (nSPS) is 18.2. The summed E-state index contributed by atoms with van der Waals surface area (Å²) in [7, 11) is 0. The molecule has 0 heterocycles. The molecule has 0 amide bonds. The molecule has 4 atom stereocenters. The van der Waals surface area contributed by atoms with E-state index in [2.05, 4.69) is 6.92 Å². The monoisotopic (exact) mass is 792 g/mol. The lowest BCUT2D eigenvalue weighted by atomic mass is 9.81. The van der Waals surface area contributed by atoms with E-state index in [1.807, 2.05) is 25.1 Å². The molecule has 0 fully saturated rings. The highest BCUT2D eigenvalue weighted by Gasteiger charge is 2.46. The Labute approximate surface area is 336 Å². The third-order valence-electron chi connectivity index (χ3n) is 11.2. The van der Waals surface area contributed by atoms with Crippen LogP contribution < -0.4 is 4.74 Å². The van der Waals surface area contributed by atoms with Gasteiger partial charge in [-0.05, 0) is 104 Å². The Bertz CT molecular complexity index is 1740. The van der Waals surface area contributed by atoms with Crippen LogP contribution in [0.25, 0.3) is 0 Å². The Morgan fingerprint density at radius 3 is 2.04 bits per heavy atom. The van der Waals surface area contributed by atoms with E-state index in [-0.39, 0.29) is 24.5 Å². The van der Waals surface area contributed by atoms with Gasteiger partial charge < -0.3 is 18.9 Å². The highest BCUT2D eigenvalue weighted by atomic mass is 19.4. The summed E-state index contributed by atoms with van der Waals surface area (Å²) >= 11 is 0. The van der Waals surface area contributed by atoms with E-state index in [1.165, 1.54) is 38.5 Å². The minimum atomic E-state index is -4.70. The van der Waals surface area contributed by atoms with Gasteiger partial charge in [-0.15, -0.1) is 0 Å². The van der Waals surface area contributed by atoms with Crippen LogP contribution in [0.15, 0.2) is 66.7 Å². The number of esters is 3. The predicted octanol–water partition coefficient (Wildman–Crippen LogP) is 11.8. The van der Waals surface area contributed by atoms with Crippen molar-refractivity contribution >= 4 is 17.9 Å². The van der Waals surface area contributed by atoms with E-state index in [0.717, 1.165) is 48.1 Å². The van der Waals surface area contributed by atoms with Crippen molar-refractivity contribution in [3.63, 3.8) is 0 Å². The van der Waals surface area contributed by atoms with Crippen LogP contribution in [0.5, 0.6) is 5.75 Å². The maximum Gasteiger partial charge on any atom is 0.425 e. The van der Waals surface area contributed by atoms with Gasteiger partial charge in [0, 0.05) is 6.42 Å². The van der Waals surface area contributed by atoms with Gasteiger partial charge in [-0.25, -0.2) is 9.59 Å². The van der Waals surface area contributed by atoms with E-state index in [4.69, 9.17) is 18.9 Å². The zero-order valence-electron chi connectivity index (χ0n) is 33.6. The van der Waals surface area contributed by atoms with Gasteiger partial charge in [0.2, 0.25) is 0 Å². The van der Waals surface area contributed by atoms with Gasteiger partial charge in [0.05, 0.1) is 23.7 Å². The summed E-state index contributed by atoms with van der Waals surface area (Å²) in [6.45, 7) is 4.84. The zero-order valence-corrected chi connectivity index (χ0v) is 33.6.